The molecule has 0 amide bonds. The lowest BCUT2D eigenvalue weighted by molar-refractivity contribution is 0.558. The largest absolute Gasteiger partial charge is 0.361 e. The first-order chi connectivity index (χ1) is 8.56. The number of nitrogens with one attached hydrogen (secondary N) is 2. The molecule has 1 atom stereocenters. The first kappa shape index (κ1) is 13.6. The molecule has 0 radical (unpaired) electrons. The maximum Gasteiger partial charge on any atom is 0.166 e. The normalized spacial score (nSPS) is 16.4. The summed E-state index contributed by atoms with van der Waals surface area (Å²) in [4.78, 5) is 0. The van der Waals surface area contributed by atoms with Crippen LogP contribution in [0.1, 0.15) is 38.3 Å². The third-order valence-corrected chi connectivity index (χ3v) is 3.52. The standard InChI is InChI=1S/C14H19ClN2S/c1-9(2)16-14(18)17-13(10-3-4-10)11-5-7-12(15)8-6-11/h5-10,13H,3-4H2,1-2H3,(H2,16,17,18)/t13-/m1/s1. The summed E-state index contributed by atoms with van der Waals surface area (Å²) >= 11 is 11.3. The number of hydrogen-bond acceptors (Lipinski definition) is 1. The van der Waals surface area contributed by atoms with Gasteiger partial charge in [-0.2, -0.15) is 0 Å². The lowest BCUT2D eigenvalue weighted by Crippen LogP contribution is -2.41. The summed E-state index contributed by atoms with van der Waals surface area (Å²) < 4.78 is 0. The maximum absolute atomic E-state index is 5.93. The Kier molecular flexibility index (Phi) is 4.46. The highest BCUT2D eigenvalue weighted by Crippen LogP contribution is 2.41. The first-order valence-corrected chi connectivity index (χ1v) is 7.17. The van der Waals surface area contributed by atoms with Crippen LogP contribution in [-0.2, 0) is 0 Å². The van der Waals surface area contributed by atoms with Gasteiger partial charge in [0.25, 0.3) is 0 Å². The van der Waals surface area contributed by atoms with E-state index in [1.807, 2.05) is 12.1 Å². The zero-order chi connectivity index (χ0) is 13.1. The highest BCUT2D eigenvalue weighted by molar-refractivity contribution is 7.80. The second-order valence-electron chi connectivity index (χ2n) is 5.14. The van der Waals surface area contributed by atoms with E-state index < -0.39 is 0 Å². The highest BCUT2D eigenvalue weighted by atomic mass is 35.5. The van der Waals surface area contributed by atoms with E-state index in [0.717, 1.165) is 10.1 Å². The van der Waals surface area contributed by atoms with Gasteiger partial charge in [0.05, 0.1) is 6.04 Å². The van der Waals surface area contributed by atoms with Gasteiger partial charge in [-0.3, -0.25) is 0 Å². The van der Waals surface area contributed by atoms with E-state index in [0.29, 0.717) is 18.0 Å². The molecule has 2 nitrogen and oxygen atoms in total. The van der Waals surface area contributed by atoms with Crippen molar-refractivity contribution < 1.29 is 0 Å². The fourth-order valence-corrected chi connectivity index (χ4v) is 2.51. The number of thiocarbonyl (C=S) groups is 1. The van der Waals surface area contributed by atoms with Crippen LogP contribution in [0.3, 0.4) is 0 Å². The van der Waals surface area contributed by atoms with Crippen LogP contribution >= 0.6 is 23.8 Å². The summed E-state index contributed by atoms with van der Waals surface area (Å²) in [7, 11) is 0. The van der Waals surface area contributed by atoms with Crippen molar-refractivity contribution in [1.82, 2.24) is 10.6 Å². The second-order valence-corrected chi connectivity index (χ2v) is 5.98. The molecule has 0 unspecified atom stereocenters. The molecule has 2 rings (SSSR count). The Hall–Kier alpha value is -0.800. The Morgan fingerprint density at radius 2 is 1.83 bits per heavy atom. The molecule has 1 aromatic carbocycles. The Bertz CT molecular complexity index is 412. The van der Waals surface area contributed by atoms with E-state index in [-0.39, 0.29) is 0 Å². The van der Waals surface area contributed by atoms with Crippen molar-refractivity contribution in [3.05, 3.63) is 34.9 Å². The molecular weight excluding hydrogens is 264 g/mol. The zero-order valence-corrected chi connectivity index (χ0v) is 12.3. The van der Waals surface area contributed by atoms with E-state index in [1.54, 1.807) is 0 Å². The quantitative estimate of drug-likeness (QED) is 0.824. The van der Waals surface area contributed by atoms with Crippen LogP contribution in [0.4, 0.5) is 0 Å². The van der Waals surface area contributed by atoms with Crippen molar-refractivity contribution in [1.29, 1.82) is 0 Å². The van der Waals surface area contributed by atoms with E-state index >= 15 is 0 Å². The molecule has 98 valence electrons. The zero-order valence-electron chi connectivity index (χ0n) is 10.7. The van der Waals surface area contributed by atoms with Gasteiger partial charge < -0.3 is 10.6 Å². The van der Waals surface area contributed by atoms with Gasteiger partial charge in [0.1, 0.15) is 0 Å². The van der Waals surface area contributed by atoms with Gasteiger partial charge in [0.2, 0.25) is 0 Å². The minimum atomic E-state index is 0.306. The van der Waals surface area contributed by atoms with Crippen molar-refractivity contribution in [3.63, 3.8) is 0 Å². The lowest BCUT2D eigenvalue weighted by atomic mass is 10.0. The van der Waals surface area contributed by atoms with Crippen LogP contribution in [0.25, 0.3) is 0 Å². The minimum Gasteiger partial charge on any atom is -0.361 e. The topological polar surface area (TPSA) is 24.1 Å². The summed E-state index contributed by atoms with van der Waals surface area (Å²) in [6.07, 6.45) is 2.54. The molecule has 0 spiro atoms. The van der Waals surface area contributed by atoms with Crippen LogP contribution < -0.4 is 10.6 Å². The van der Waals surface area contributed by atoms with Crippen LogP contribution in [0.2, 0.25) is 5.02 Å². The van der Waals surface area contributed by atoms with Crippen molar-refractivity contribution in [3.8, 4) is 0 Å². The molecule has 0 aliphatic heterocycles. The van der Waals surface area contributed by atoms with Crippen molar-refractivity contribution in [2.24, 2.45) is 5.92 Å². The Balaban J connectivity index is 2.04. The van der Waals surface area contributed by atoms with E-state index in [4.69, 9.17) is 23.8 Å². The van der Waals surface area contributed by atoms with Crippen LogP contribution in [-0.4, -0.2) is 11.2 Å². The molecule has 0 aromatic heterocycles. The molecular formula is C14H19ClN2S. The van der Waals surface area contributed by atoms with Gasteiger partial charge in [0, 0.05) is 11.1 Å². The summed E-state index contributed by atoms with van der Waals surface area (Å²) in [5.41, 5.74) is 1.26. The Labute approximate surface area is 119 Å². The second kappa shape index (κ2) is 5.89. The number of halogens is 1. The lowest BCUT2D eigenvalue weighted by Gasteiger charge is -2.22. The predicted octanol–water partition coefficient (Wildman–Crippen LogP) is 3.66. The Morgan fingerprint density at radius 3 is 2.33 bits per heavy atom. The molecule has 4 heteroatoms. The average molecular weight is 283 g/mol. The fourth-order valence-electron chi connectivity index (χ4n) is 2.02. The molecule has 0 heterocycles. The smallest absolute Gasteiger partial charge is 0.166 e. The molecule has 1 aliphatic carbocycles. The van der Waals surface area contributed by atoms with Gasteiger partial charge in [-0.25, -0.2) is 0 Å². The minimum absolute atomic E-state index is 0.306. The molecule has 1 fully saturated rings. The number of hydrogen-bond donors (Lipinski definition) is 2. The van der Waals surface area contributed by atoms with Gasteiger partial charge in [0.15, 0.2) is 5.11 Å². The fraction of sp³-hybridized carbons (Fsp3) is 0.500. The SMILES string of the molecule is CC(C)NC(=S)N[C@@H](c1ccc(Cl)cc1)C1CC1. The summed E-state index contributed by atoms with van der Waals surface area (Å²) in [5.74, 6) is 0.693. The number of rotatable bonds is 4. The predicted molar refractivity (Wildman–Crippen MR) is 80.9 cm³/mol. The highest BCUT2D eigenvalue weighted by Gasteiger charge is 2.32. The van der Waals surface area contributed by atoms with E-state index in [9.17, 15) is 0 Å². The third kappa shape index (κ3) is 3.85. The van der Waals surface area contributed by atoms with Crippen LogP contribution in [0.5, 0.6) is 0 Å². The molecule has 18 heavy (non-hydrogen) atoms. The summed E-state index contributed by atoms with van der Waals surface area (Å²) in [6, 6.07) is 8.70. The average Bonchev–Trinajstić information content (AvgIpc) is 3.10. The van der Waals surface area contributed by atoms with E-state index in [2.05, 4.69) is 36.6 Å². The number of benzene rings is 1. The third-order valence-electron chi connectivity index (χ3n) is 3.03. The van der Waals surface area contributed by atoms with Crippen molar-refractivity contribution in [2.75, 3.05) is 0 Å². The maximum atomic E-state index is 5.93. The van der Waals surface area contributed by atoms with Gasteiger partial charge in [-0.1, -0.05) is 23.7 Å². The molecule has 2 N–H and O–H groups in total. The Morgan fingerprint density at radius 1 is 1.22 bits per heavy atom. The van der Waals surface area contributed by atoms with Crippen molar-refractivity contribution in [2.45, 2.75) is 38.8 Å². The van der Waals surface area contributed by atoms with Crippen molar-refractivity contribution >= 4 is 28.9 Å². The molecule has 1 aromatic rings. The van der Waals surface area contributed by atoms with E-state index in [1.165, 1.54) is 18.4 Å². The van der Waals surface area contributed by atoms with Crippen LogP contribution in [0.15, 0.2) is 24.3 Å². The first-order valence-electron chi connectivity index (χ1n) is 6.39. The van der Waals surface area contributed by atoms with Gasteiger partial charge >= 0.3 is 0 Å². The monoisotopic (exact) mass is 282 g/mol. The summed E-state index contributed by atoms with van der Waals surface area (Å²) in [5, 5.41) is 8.16. The van der Waals surface area contributed by atoms with Gasteiger partial charge in [-0.15, -0.1) is 0 Å². The summed E-state index contributed by atoms with van der Waals surface area (Å²) in [6.45, 7) is 4.17. The molecule has 1 saturated carbocycles. The van der Waals surface area contributed by atoms with Gasteiger partial charge in [-0.05, 0) is 62.5 Å². The molecule has 0 saturated heterocycles. The molecule has 1 aliphatic rings. The van der Waals surface area contributed by atoms with Crippen LogP contribution in [0, 0.1) is 5.92 Å². The molecule has 0 bridgehead atoms.